The van der Waals surface area contributed by atoms with Gasteiger partial charge in [0.15, 0.2) is 12.0 Å². The summed E-state index contributed by atoms with van der Waals surface area (Å²) in [7, 11) is 0. The number of hydrogen-bond donors (Lipinski definition) is 0. The summed E-state index contributed by atoms with van der Waals surface area (Å²) < 4.78 is 11.5. The predicted molar refractivity (Wildman–Crippen MR) is 143 cm³/mol. The van der Waals surface area contributed by atoms with Gasteiger partial charge >= 0.3 is 0 Å². The van der Waals surface area contributed by atoms with E-state index in [1.807, 2.05) is 36.6 Å². The summed E-state index contributed by atoms with van der Waals surface area (Å²) in [6.07, 6.45) is 2.78. The van der Waals surface area contributed by atoms with E-state index in [0.717, 1.165) is 29.0 Å². The zero-order valence-electron chi connectivity index (χ0n) is 19.2. The second-order valence-corrected chi connectivity index (χ2v) is 10.1. The van der Waals surface area contributed by atoms with Crippen LogP contribution in [0.5, 0.6) is 5.75 Å². The van der Waals surface area contributed by atoms with Gasteiger partial charge in [-0.1, -0.05) is 48.5 Å². The van der Waals surface area contributed by atoms with Gasteiger partial charge < -0.3 is 9.47 Å². The van der Waals surface area contributed by atoms with Crippen LogP contribution in [0.3, 0.4) is 0 Å². The van der Waals surface area contributed by atoms with E-state index in [4.69, 9.17) is 14.5 Å². The van der Waals surface area contributed by atoms with E-state index >= 15 is 0 Å². The minimum atomic E-state index is 0.403. The van der Waals surface area contributed by atoms with Crippen molar-refractivity contribution >= 4 is 51.4 Å². The molecule has 8 rings (SSSR count). The van der Waals surface area contributed by atoms with Crippen molar-refractivity contribution in [3.8, 4) is 5.75 Å². The smallest absolute Gasteiger partial charge is 0.154 e. The first kappa shape index (κ1) is 23.2. The van der Waals surface area contributed by atoms with Gasteiger partial charge in [0, 0.05) is 35.8 Å². The van der Waals surface area contributed by atoms with Crippen LogP contribution < -0.4 is 4.74 Å². The number of rotatable bonds is 6. The first-order valence-electron chi connectivity index (χ1n) is 11.5. The van der Waals surface area contributed by atoms with Crippen LogP contribution in [0.15, 0.2) is 54.7 Å². The molecule has 0 aliphatic carbocycles. The van der Waals surface area contributed by atoms with E-state index < -0.39 is 0 Å². The van der Waals surface area contributed by atoms with E-state index in [9.17, 15) is 4.79 Å². The van der Waals surface area contributed by atoms with Crippen molar-refractivity contribution in [1.29, 1.82) is 0 Å². The number of aldehydes is 1. The van der Waals surface area contributed by atoms with Gasteiger partial charge in [-0.15, -0.1) is 0 Å². The predicted octanol–water partition coefficient (Wildman–Crippen LogP) is 6.80. The molecule has 0 N–H and O–H groups in total. The fourth-order valence-electron chi connectivity index (χ4n) is 4.57. The number of hydrogen-bond acceptors (Lipinski definition) is 6. The van der Waals surface area contributed by atoms with E-state index in [1.165, 1.54) is 32.7 Å². The zero-order valence-corrected chi connectivity index (χ0v) is 20.8. The van der Waals surface area contributed by atoms with Crippen LogP contribution >= 0.6 is 23.5 Å². The summed E-state index contributed by atoms with van der Waals surface area (Å²) in [5.74, 6) is 3.69. The van der Waals surface area contributed by atoms with E-state index in [0.29, 0.717) is 42.6 Å². The summed E-state index contributed by atoms with van der Waals surface area (Å²) in [5, 5.41) is 5.29. The van der Waals surface area contributed by atoms with Crippen LogP contribution in [0.25, 0.3) is 21.5 Å². The Morgan fingerprint density at radius 1 is 0.853 bits per heavy atom. The molecule has 174 valence electrons. The fourth-order valence-corrected chi connectivity index (χ4v) is 6.66. The minimum absolute atomic E-state index is 0.403. The molecule has 0 atom stereocenters. The Labute approximate surface area is 208 Å². The number of carbonyl (C=O) groups excluding carboxylic acids is 1. The highest BCUT2D eigenvalue weighted by atomic mass is 32.2. The summed E-state index contributed by atoms with van der Waals surface area (Å²) in [6, 6.07) is 17.5. The van der Waals surface area contributed by atoms with Crippen molar-refractivity contribution in [3.63, 3.8) is 0 Å². The second-order valence-electron chi connectivity index (χ2n) is 8.17. The molecule has 4 bridgehead atoms. The van der Waals surface area contributed by atoms with E-state index in [-0.39, 0.29) is 0 Å². The standard InChI is InChI=1S/C28H27NO3S2/c1-2-31-11-12-32-28-24(14-30)19-13-29-27(28)18-34-17-26-22-9-5-3-7-20(22)25(16-33-15-19)21-8-4-6-10-23(21)26/h3-10,13-14H,2,11-12,15-18H2,1H3. The van der Waals surface area contributed by atoms with Gasteiger partial charge in [-0.05, 0) is 45.2 Å². The van der Waals surface area contributed by atoms with Gasteiger partial charge in [0.1, 0.15) is 6.61 Å². The fraction of sp³-hybridized carbons (Fsp3) is 0.286. The van der Waals surface area contributed by atoms with Gasteiger partial charge in [0.2, 0.25) is 0 Å². The third-order valence-corrected chi connectivity index (χ3v) is 8.15. The molecule has 4 aromatic rings. The lowest BCUT2D eigenvalue weighted by Crippen LogP contribution is -2.11. The molecule has 5 heterocycles. The number of benzene rings is 3. The first-order chi connectivity index (χ1) is 16.8. The van der Waals surface area contributed by atoms with Crippen molar-refractivity contribution in [3.05, 3.63) is 82.7 Å². The topological polar surface area (TPSA) is 48.4 Å². The molecule has 4 aliphatic heterocycles. The van der Waals surface area contributed by atoms with Crippen molar-refractivity contribution in [1.82, 2.24) is 4.98 Å². The molecule has 0 saturated heterocycles. The lowest BCUT2D eigenvalue weighted by molar-refractivity contribution is 0.106. The molecule has 0 unspecified atom stereocenters. The lowest BCUT2D eigenvalue weighted by Gasteiger charge is -2.19. The molecule has 6 heteroatoms. The zero-order chi connectivity index (χ0) is 23.3. The van der Waals surface area contributed by atoms with Crippen LogP contribution in [0.1, 0.15) is 39.7 Å². The van der Waals surface area contributed by atoms with Crippen molar-refractivity contribution in [2.75, 3.05) is 19.8 Å². The molecule has 0 spiro atoms. The monoisotopic (exact) mass is 489 g/mol. The molecule has 0 amide bonds. The molecular formula is C28H27NO3S2. The Morgan fingerprint density at radius 2 is 1.44 bits per heavy atom. The van der Waals surface area contributed by atoms with Gasteiger partial charge in [0.05, 0.1) is 17.9 Å². The highest BCUT2D eigenvalue weighted by Gasteiger charge is 2.19. The van der Waals surface area contributed by atoms with Gasteiger partial charge in [-0.2, -0.15) is 23.5 Å². The average molecular weight is 490 g/mol. The number of nitrogens with zero attached hydrogens (tertiary/aromatic N) is 1. The molecule has 1 aromatic heterocycles. The molecule has 4 aliphatic rings. The lowest BCUT2D eigenvalue weighted by atomic mass is 9.93. The number of pyridine rings is 1. The van der Waals surface area contributed by atoms with Gasteiger partial charge in [0.25, 0.3) is 0 Å². The van der Waals surface area contributed by atoms with E-state index in [1.54, 1.807) is 0 Å². The number of ether oxygens (including phenoxy) is 2. The molecular weight excluding hydrogens is 462 g/mol. The molecule has 0 radical (unpaired) electrons. The third kappa shape index (κ3) is 4.54. The van der Waals surface area contributed by atoms with E-state index in [2.05, 4.69) is 48.5 Å². The highest BCUT2D eigenvalue weighted by Crippen LogP contribution is 2.39. The Morgan fingerprint density at radius 3 is 2.00 bits per heavy atom. The molecule has 34 heavy (non-hydrogen) atoms. The quantitative estimate of drug-likeness (QED) is 0.169. The van der Waals surface area contributed by atoms with Crippen molar-refractivity contribution in [2.24, 2.45) is 0 Å². The highest BCUT2D eigenvalue weighted by molar-refractivity contribution is 7.98. The van der Waals surface area contributed by atoms with Gasteiger partial charge in [-0.25, -0.2) is 0 Å². The number of aromatic nitrogens is 1. The normalized spacial score (nSPS) is 13.9. The van der Waals surface area contributed by atoms with Gasteiger partial charge in [-0.3, -0.25) is 9.78 Å². The number of carbonyl (C=O) groups is 1. The minimum Gasteiger partial charge on any atom is -0.488 e. The summed E-state index contributed by atoms with van der Waals surface area (Å²) in [5.41, 5.74) is 5.07. The van der Waals surface area contributed by atoms with Crippen LogP contribution in [-0.2, 0) is 27.7 Å². The molecule has 4 nitrogen and oxygen atoms in total. The summed E-state index contributed by atoms with van der Waals surface area (Å²) >= 11 is 3.62. The molecule has 0 fully saturated rings. The maximum Gasteiger partial charge on any atom is 0.154 e. The third-order valence-electron chi connectivity index (χ3n) is 6.17. The Bertz CT molecular complexity index is 1280. The maximum absolute atomic E-state index is 12.2. The maximum atomic E-state index is 12.2. The second kappa shape index (κ2) is 10.8. The van der Waals surface area contributed by atoms with Crippen LogP contribution in [0.2, 0.25) is 0 Å². The average Bonchev–Trinajstić information content (AvgIpc) is 2.88. The number of thioether (sulfide) groups is 2. The van der Waals surface area contributed by atoms with Crippen molar-refractivity contribution in [2.45, 2.75) is 29.9 Å². The molecule has 3 aromatic carbocycles. The Kier molecular flexibility index (Phi) is 7.38. The van der Waals surface area contributed by atoms with Crippen LogP contribution in [0, 0.1) is 0 Å². The van der Waals surface area contributed by atoms with Crippen LogP contribution in [-0.4, -0.2) is 31.1 Å². The first-order valence-corrected chi connectivity index (χ1v) is 13.9. The Balaban J connectivity index is 1.58. The molecule has 0 saturated carbocycles. The van der Waals surface area contributed by atoms with Crippen LogP contribution in [0.4, 0.5) is 0 Å². The van der Waals surface area contributed by atoms with Crippen molar-refractivity contribution < 1.29 is 14.3 Å². The summed E-state index contributed by atoms with van der Waals surface area (Å²) in [6.45, 7) is 3.49. The SMILES string of the molecule is CCOCCOc1c2ncc(c1C=O)CSCc1c3ccccc3c(c3ccccc13)CSC2. The summed E-state index contributed by atoms with van der Waals surface area (Å²) in [4.78, 5) is 16.9. The Hall–Kier alpha value is -2.54. The largest absolute Gasteiger partial charge is 0.488 e.